The Kier molecular flexibility index (Phi) is 7.95. The minimum absolute atomic E-state index is 0.455. The van der Waals surface area contributed by atoms with E-state index in [1.165, 1.54) is 12.8 Å². The van der Waals surface area contributed by atoms with Crippen molar-refractivity contribution in [2.45, 2.75) is 51.7 Å². The predicted molar refractivity (Wildman–Crippen MR) is 107 cm³/mol. The third-order valence-corrected chi connectivity index (χ3v) is 4.94. The van der Waals surface area contributed by atoms with Crippen molar-refractivity contribution in [1.29, 1.82) is 0 Å². The third kappa shape index (κ3) is 5.85. The van der Waals surface area contributed by atoms with Gasteiger partial charge in [-0.3, -0.25) is 0 Å². The van der Waals surface area contributed by atoms with Crippen LogP contribution in [0.2, 0.25) is 5.02 Å². The van der Waals surface area contributed by atoms with E-state index in [2.05, 4.69) is 62.5 Å². The molecule has 2 aromatic carbocycles. The summed E-state index contributed by atoms with van der Waals surface area (Å²) in [5.74, 6) is 0. The first-order chi connectivity index (χ1) is 12.1. The Balaban J connectivity index is 2.07. The van der Waals surface area contributed by atoms with E-state index < -0.39 is 5.60 Å². The Hall–Kier alpha value is -1.35. The summed E-state index contributed by atoms with van der Waals surface area (Å²) in [6.45, 7) is 8.36. The molecule has 0 fully saturated rings. The molecule has 0 saturated carbocycles. The Bertz CT molecular complexity index is 614. The average Bonchev–Trinajstić information content (AvgIpc) is 2.63. The van der Waals surface area contributed by atoms with Crippen LogP contribution in [0.3, 0.4) is 0 Å². The molecule has 0 bridgehead atoms. The first kappa shape index (κ1) is 20.0. The molecule has 0 saturated heterocycles. The maximum Gasteiger partial charge on any atom is 0.115 e. The molecular formula is C22H30ClNO. The molecule has 2 unspecified atom stereocenters. The van der Waals surface area contributed by atoms with Crippen LogP contribution >= 0.6 is 11.6 Å². The maximum atomic E-state index is 6.44. The number of halogens is 1. The van der Waals surface area contributed by atoms with Gasteiger partial charge in [-0.25, -0.2) is 0 Å². The molecule has 0 amide bonds. The minimum atomic E-state index is -0.477. The number of hydrogen-bond donors (Lipinski definition) is 1. The van der Waals surface area contributed by atoms with Gasteiger partial charge in [-0.1, -0.05) is 67.4 Å². The van der Waals surface area contributed by atoms with E-state index in [1.54, 1.807) is 0 Å². The molecule has 0 aromatic heterocycles. The maximum absolute atomic E-state index is 6.44. The van der Waals surface area contributed by atoms with Gasteiger partial charge in [0.1, 0.15) is 5.60 Å². The van der Waals surface area contributed by atoms with Crippen LogP contribution in [-0.2, 0) is 10.3 Å². The largest absolute Gasteiger partial charge is 0.366 e. The van der Waals surface area contributed by atoms with Crippen molar-refractivity contribution in [1.82, 2.24) is 5.32 Å². The van der Waals surface area contributed by atoms with E-state index >= 15 is 0 Å². The van der Waals surface area contributed by atoms with Gasteiger partial charge in [0.25, 0.3) is 0 Å². The van der Waals surface area contributed by atoms with Crippen LogP contribution in [0.5, 0.6) is 0 Å². The lowest BCUT2D eigenvalue weighted by Crippen LogP contribution is -2.32. The molecule has 1 N–H and O–H groups in total. The van der Waals surface area contributed by atoms with E-state index in [-0.39, 0.29) is 0 Å². The molecule has 2 rings (SSSR count). The summed E-state index contributed by atoms with van der Waals surface area (Å²) in [7, 11) is 0. The van der Waals surface area contributed by atoms with E-state index in [0.717, 1.165) is 29.1 Å². The third-order valence-electron chi connectivity index (χ3n) is 4.68. The molecule has 2 atom stereocenters. The lowest BCUT2D eigenvalue weighted by Gasteiger charge is -2.32. The zero-order chi connectivity index (χ0) is 18.1. The molecule has 136 valence electrons. The summed E-state index contributed by atoms with van der Waals surface area (Å²) < 4.78 is 6.44. The molecule has 3 heteroatoms. The van der Waals surface area contributed by atoms with Gasteiger partial charge in [-0.05, 0) is 56.5 Å². The van der Waals surface area contributed by atoms with Crippen molar-refractivity contribution < 1.29 is 4.74 Å². The second kappa shape index (κ2) is 9.96. The van der Waals surface area contributed by atoms with Crippen LogP contribution in [-0.4, -0.2) is 19.2 Å². The number of nitrogens with one attached hydrogen (secondary N) is 1. The number of rotatable bonds is 10. The number of benzene rings is 2. The fraction of sp³-hybridized carbons (Fsp3) is 0.455. The van der Waals surface area contributed by atoms with Gasteiger partial charge in [0.15, 0.2) is 0 Å². The SMILES string of the molecule is CCCCNC(C)CCOC(C)(c1ccccc1)c1ccc(Cl)cc1. The van der Waals surface area contributed by atoms with Crippen molar-refractivity contribution in [3.05, 3.63) is 70.7 Å². The number of unbranched alkanes of at least 4 members (excludes halogenated alkanes) is 1. The standard InChI is InChI=1S/C22H30ClNO/c1-4-5-16-24-18(2)15-17-25-22(3,19-9-7-6-8-10-19)20-11-13-21(23)14-12-20/h6-14,18,24H,4-5,15-17H2,1-3H3. The molecular weight excluding hydrogens is 330 g/mol. The van der Waals surface area contributed by atoms with Crippen LogP contribution in [0, 0.1) is 0 Å². The quantitative estimate of drug-likeness (QED) is 0.542. The Labute approximate surface area is 157 Å². The van der Waals surface area contributed by atoms with Gasteiger partial charge in [0.05, 0.1) is 0 Å². The van der Waals surface area contributed by atoms with E-state index in [4.69, 9.17) is 16.3 Å². The van der Waals surface area contributed by atoms with Crippen LogP contribution in [0.15, 0.2) is 54.6 Å². The molecule has 0 aliphatic rings. The molecule has 0 radical (unpaired) electrons. The first-order valence-electron chi connectivity index (χ1n) is 9.25. The Morgan fingerprint density at radius 3 is 2.32 bits per heavy atom. The fourth-order valence-corrected chi connectivity index (χ4v) is 3.05. The van der Waals surface area contributed by atoms with Crippen LogP contribution in [0.25, 0.3) is 0 Å². The average molecular weight is 360 g/mol. The number of hydrogen-bond acceptors (Lipinski definition) is 2. The molecule has 0 heterocycles. The molecule has 25 heavy (non-hydrogen) atoms. The Morgan fingerprint density at radius 2 is 1.68 bits per heavy atom. The molecule has 0 spiro atoms. The predicted octanol–water partition coefficient (Wildman–Crippen LogP) is 5.79. The summed E-state index contributed by atoms with van der Waals surface area (Å²) >= 11 is 6.07. The monoisotopic (exact) mass is 359 g/mol. The molecule has 0 aliphatic heterocycles. The smallest absolute Gasteiger partial charge is 0.115 e. The minimum Gasteiger partial charge on any atom is -0.366 e. The zero-order valence-corrected chi connectivity index (χ0v) is 16.4. The van der Waals surface area contributed by atoms with Gasteiger partial charge in [0, 0.05) is 17.7 Å². The summed E-state index contributed by atoms with van der Waals surface area (Å²) in [5, 5.41) is 4.30. The zero-order valence-electron chi connectivity index (χ0n) is 15.6. The van der Waals surface area contributed by atoms with E-state index in [0.29, 0.717) is 12.6 Å². The summed E-state index contributed by atoms with van der Waals surface area (Å²) in [4.78, 5) is 0. The van der Waals surface area contributed by atoms with Gasteiger partial charge in [-0.2, -0.15) is 0 Å². The van der Waals surface area contributed by atoms with Gasteiger partial charge in [-0.15, -0.1) is 0 Å². The van der Waals surface area contributed by atoms with Crippen LogP contribution in [0.4, 0.5) is 0 Å². The summed E-state index contributed by atoms with van der Waals surface area (Å²) in [5.41, 5.74) is 1.80. The lowest BCUT2D eigenvalue weighted by atomic mass is 9.88. The lowest BCUT2D eigenvalue weighted by molar-refractivity contribution is -0.00797. The van der Waals surface area contributed by atoms with Crippen molar-refractivity contribution >= 4 is 11.6 Å². The Morgan fingerprint density at radius 1 is 1.04 bits per heavy atom. The van der Waals surface area contributed by atoms with Crippen molar-refractivity contribution in [3.8, 4) is 0 Å². The molecule has 2 nitrogen and oxygen atoms in total. The second-order valence-electron chi connectivity index (χ2n) is 6.75. The van der Waals surface area contributed by atoms with E-state index in [1.807, 2.05) is 18.2 Å². The van der Waals surface area contributed by atoms with Crippen LogP contribution in [0.1, 0.15) is 51.2 Å². The highest BCUT2D eigenvalue weighted by atomic mass is 35.5. The summed E-state index contributed by atoms with van der Waals surface area (Å²) in [6, 6.07) is 18.8. The summed E-state index contributed by atoms with van der Waals surface area (Å²) in [6.07, 6.45) is 3.43. The normalized spacial score (nSPS) is 14.9. The van der Waals surface area contributed by atoms with Crippen molar-refractivity contribution in [2.75, 3.05) is 13.2 Å². The first-order valence-corrected chi connectivity index (χ1v) is 9.63. The highest BCUT2D eigenvalue weighted by molar-refractivity contribution is 6.30. The molecule has 2 aromatic rings. The van der Waals surface area contributed by atoms with Gasteiger partial charge < -0.3 is 10.1 Å². The highest BCUT2D eigenvalue weighted by Gasteiger charge is 2.29. The van der Waals surface area contributed by atoms with Crippen molar-refractivity contribution in [2.24, 2.45) is 0 Å². The van der Waals surface area contributed by atoms with E-state index in [9.17, 15) is 0 Å². The van der Waals surface area contributed by atoms with Gasteiger partial charge >= 0.3 is 0 Å². The van der Waals surface area contributed by atoms with Gasteiger partial charge in [0.2, 0.25) is 0 Å². The highest BCUT2D eigenvalue weighted by Crippen LogP contribution is 2.34. The fourth-order valence-electron chi connectivity index (χ4n) is 2.92. The topological polar surface area (TPSA) is 21.3 Å². The van der Waals surface area contributed by atoms with Crippen molar-refractivity contribution in [3.63, 3.8) is 0 Å². The van der Waals surface area contributed by atoms with Crippen LogP contribution < -0.4 is 5.32 Å². The number of ether oxygens (including phenoxy) is 1. The molecule has 0 aliphatic carbocycles. The second-order valence-corrected chi connectivity index (χ2v) is 7.19.